The summed E-state index contributed by atoms with van der Waals surface area (Å²) in [6.45, 7) is 0. The molecule has 4 heteroatoms. The molecule has 1 aromatic carbocycles. The second-order valence-corrected chi connectivity index (χ2v) is 4.06. The van der Waals surface area contributed by atoms with Gasteiger partial charge in [0, 0.05) is 5.54 Å². The van der Waals surface area contributed by atoms with Crippen LogP contribution >= 0.6 is 11.6 Å². The van der Waals surface area contributed by atoms with E-state index >= 15 is 0 Å². The van der Waals surface area contributed by atoms with Crippen molar-refractivity contribution in [2.45, 2.75) is 18.4 Å². The minimum Gasteiger partial charge on any atom is -0.478 e. The average molecular weight is 212 g/mol. The van der Waals surface area contributed by atoms with Crippen molar-refractivity contribution >= 4 is 17.6 Å². The summed E-state index contributed by atoms with van der Waals surface area (Å²) in [6.07, 6.45) is 1.88. The van der Waals surface area contributed by atoms with Gasteiger partial charge in [0.2, 0.25) is 0 Å². The van der Waals surface area contributed by atoms with E-state index in [0.717, 1.165) is 18.4 Å². The van der Waals surface area contributed by atoms with E-state index in [-0.39, 0.29) is 16.1 Å². The fourth-order valence-corrected chi connectivity index (χ4v) is 1.68. The number of halogens is 1. The van der Waals surface area contributed by atoms with Crippen LogP contribution in [0.15, 0.2) is 18.2 Å². The third-order valence-electron chi connectivity index (χ3n) is 2.56. The summed E-state index contributed by atoms with van der Waals surface area (Å²) in [7, 11) is 0. The van der Waals surface area contributed by atoms with Gasteiger partial charge in [-0.05, 0) is 30.5 Å². The molecule has 0 amide bonds. The van der Waals surface area contributed by atoms with Crippen LogP contribution in [0.1, 0.15) is 28.8 Å². The normalized spacial score (nSPS) is 17.9. The molecule has 1 saturated carbocycles. The summed E-state index contributed by atoms with van der Waals surface area (Å²) in [4.78, 5) is 10.7. The van der Waals surface area contributed by atoms with E-state index < -0.39 is 5.97 Å². The van der Waals surface area contributed by atoms with Crippen LogP contribution in [0.25, 0.3) is 0 Å². The largest absolute Gasteiger partial charge is 0.478 e. The van der Waals surface area contributed by atoms with Crippen LogP contribution in [0.5, 0.6) is 0 Å². The topological polar surface area (TPSA) is 63.3 Å². The predicted molar refractivity (Wildman–Crippen MR) is 53.5 cm³/mol. The summed E-state index contributed by atoms with van der Waals surface area (Å²) >= 11 is 5.82. The number of aromatic carboxylic acids is 1. The molecule has 3 nitrogen and oxygen atoms in total. The molecule has 0 radical (unpaired) electrons. The maximum absolute atomic E-state index is 10.7. The number of hydrogen-bond acceptors (Lipinski definition) is 2. The molecular weight excluding hydrogens is 202 g/mol. The summed E-state index contributed by atoms with van der Waals surface area (Å²) in [5.41, 5.74) is 6.74. The Labute approximate surface area is 86.5 Å². The molecule has 3 N–H and O–H groups in total. The van der Waals surface area contributed by atoms with Crippen LogP contribution in [0, 0.1) is 0 Å². The van der Waals surface area contributed by atoms with Gasteiger partial charge >= 0.3 is 5.97 Å². The van der Waals surface area contributed by atoms with E-state index in [2.05, 4.69) is 0 Å². The summed E-state index contributed by atoms with van der Waals surface area (Å²) in [5.74, 6) is -1.01. The molecule has 0 saturated heterocycles. The highest BCUT2D eigenvalue weighted by molar-refractivity contribution is 6.33. The van der Waals surface area contributed by atoms with Crippen molar-refractivity contribution in [1.82, 2.24) is 0 Å². The zero-order valence-electron chi connectivity index (χ0n) is 7.46. The predicted octanol–water partition coefficient (Wildman–Crippen LogP) is 1.99. The number of carboxylic acids is 1. The molecule has 0 heterocycles. The number of benzene rings is 1. The van der Waals surface area contributed by atoms with Crippen molar-refractivity contribution in [2.24, 2.45) is 5.73 Å². The van der Waals surface area contributed by atoms with E-state index in [1.807, 2.05) is 0 Å². The van der Waals surface area contributed by atoms with Gasteiger partial charge in [-0.1, -0.05) is 17.7 Å². The van der Waals surface area contributed by atoms with Gasteiger partial charge in [0.05, 0.1) is 10.6 Å². The Hall–Kier alpha value is -1.06. The quantitative estimate of drug-likeness (QED) is 0.787. The highest BCUT2D eigenvalue weighted by Crippen LogP contribution is 2.43. The van der Waals surface area contributed by atoms with Gasteiger partial charge in [-0.15, -0.1) is 0 Å². The van der Waals surface area contributed by atoms with Crippen LogP contribution < -0.4 is 5.73 Å². The third kappa shape index (κ3) is 1.49. The Morgan fingerprint density at radius 1 is 1.50 bits per heavy atom. The fourth-order valence-electron chi connectivity index (χ4n) is 1.42. The standard InChI is InChI=1S/C10H10ClNO2/c11-8-5-6(10(12)3-4-10)1-2-7(8)9(13)14/h1-2,5H,3-4,12H2,(H,13,14). The zero-order chi connectivity index (χ0) is 10.3. The molecule has 1 aliphatic rings. The Kier molecular flexibility index (Phi) is 2.01. The second kappa shape index (κ2) is 2.97. The number of nitrogens with two attached hydrogens (primary N) is 1. The van der Waals surface area contributed by atoms with Crippen LogP contribution in [0.4, 0.5) is 0 Å². The second-order valence-electron chi connectivity index (χ2n) is 3.66. The van der Waals surface area contributed by atoms with E-state index in [1.165, 1.54) is 6.07 Å². The summed E-state index contributed by atoms with van der Waals surface area (Å²) in [6, 6.07) is 4.90. The van der Waals surface area contributed by atoms with E-state index in [1.54, 1.807) is 12.1 Å². The Morgan fingerprint density at radius 3 is 2.57 bits per heavy atom. The lowest BCUT2D eigenvalue weighted by Gasteiger charge is -2.10. The van der Waals surface area contributed by atoms with Gasteiger partial charge in [0.15, 0.2) is 0 Å². The molecule has 14 heavy (non-hydrogen) atoms. The van der Waals surface area contributed by atoms with E-state index in [4.69, 9.17) is 22.4 Å². The maximum Gasteiger partial charge on any atom is 0.337 e. The molecule has 0 unspecified atom stereocenters. The summed E-state index contributed by atoms with van der Waals surface area (Å²) < 4.78 is 0. The Morgan fingerprint density at radius 2 is 2.14 bits per heavy atom. The van der Waals surface area contributed by atoms with E-state index in [0.29, 0.717) is 0 Å². The molecular formula is C10H10ClNO2. The van der Waals surface area contributed by atoms with Crippen molar-refractivity contribution in [3.63, 3.8) is 0 Å². The Balaban J connectivity index is 2.40. The van der Waals surface area contributed by atoms with Crippen LogP contribution in [0.2, 0.25) is 5.02 Å². The molecule has 1 fully saturated rings. The van der Waals surface area contributed by atoms with Crippen molar-refractivity contribution in [3.8, 4) is 0 Å². The molecule has 0 spiro atoms. The first kappa shape index (κ1) is 9.49. The third-order valence-corrected chi connectivity index (χ3v) is 2.88. The number of carboxylic acid groups (broad SMARTS) is 1. The highest BCUT2D eigenvalue weighted by atomic mass is 35.5. The first-order valence-electron chi connectivity index (χ1n) is 4.35. The molecule has 0 atom stereocenters. The monoisotopic (exact) mass is 211 g/mol. The van der Waals surface area contributed by atoms with Gasteiger partial charge in [0.1, 0.15) is 0 Å². The van der Waals surface area contributed by atoms with Crippen molar-refractivity contribution in [3.05, 3.63) is 34.3 Å². The van der Waals surface area contributed by atoms with Crippen molar-refractivity contribution in [2.75, 3.05) is 0 Å². The lowest BCUT2D eigenvalue weighted by molar-refractivity contribution is 0.0697. The lowest BCUT2D eigenvalue weighted by atomic mass is 10.0. The van der Waals surface area contributed by atoms with Gasteiger partial charge in [0.25, 0.3) is 0 Å². The van der Waals surface area contributed by atoms with Crippen LogP contribution in [-0.2, 0) is 5.54 Å². The molecule has 0 aromatic heterocycles. The minimum atomic E-state index is -1.01. The molecule has 2 rings (SSSR count). The van der Waals surface area contributed by atoms with Gasteiger partial charge in [-0.2, -0.15) is 0 Å². The van der Waals surface area contributed by atoms with Crippen LogP contribution in [-0.4, -0.2) is 11.1 Å². The zero-order valence-corrected chi connectivity index (χ0v) is 8.21. The fraction of sp³-hybridized carbons (Fsp3) is 0.300. The summed E-state index contributed by atoms with van der Waals surface area (Å²) in [5, 5.41) is 9.02. The average Bonchev–Trinajstić information content (AvgIpc) is 2.84. The number of carbonyl (C=O) groups is 1. The first-order chi connectivity index (χ1) is 6.53. The van der Waals surface area contributed by atoms with Gasteiger partial charge < -0.3 is 10.8 Å². The SMILES string of the molecule is NC1(c2ccc(C(=O)O)c(Cl)c2)CC1. The maximum atomic E-state index is 10.7. The van der Waals surface area contributed by atoms with Gasteiger partial charge in [-0.25, -0.2) is 4.79 Å². The highest BCUT2D eigenvalue weighted by Gasteiger charge is 2.40. The smallest absolute Gasteiger partial charge is 0.337 e. The molecule has 0 bridgehead atoms. The first-order valence-corrected chi connectivity index (χ1v) is 4.73. The lowest BCUT2D eigenvalue weighted by Crippen LogP contribution is -2.18. The van der Waals surface area contributed by atoms with Crippen molar-refractivity contribution in [1.29, 1.82) is 0 Å². The molecule has 0 aliphatic heterocycles. The van der Waals surface area contributed by atoms with Gasteiger partial charge in [-0.3, -0.25) is 0 Å². The molecule has 1 aliphatic carbocycles. The minimum absolute atomic E-state index is 0.125. The van der Waals surface area contributed by atoms with E-state index in [9.17, 15) is 4.79 Å². The van der Waals surface area contributed by atoms with Crippen LogP contribution in [0.3, 0.4) is 0 Å². The molecule has 1 aromatic rings. The molecule has 74 valence electrons. The number of hydrogen-bond donors (Lipinski definition) is 2. The Bertz CT molecular complexity index is 399. The van der Waals surface area contributed by atoms with Crippen molar-refractivity contribution < 1.29 is 9.90 Å². The number of rotatable bonds is 2.